The molecule has 2 rings (SSSR count). The van der Waals surface area contributed by atoms with Crippen LogP contribution in [0.15, 0.2) is 42.6 Å². The van der Waals surface area contributed by atoms with E-state index in [9.17, 15) is 4.79 Å². The molecule has 0 saturated heterocycles. The van der Waals surface area contributed by atoms with Crippen molar-refractivity contribution in [1.82, 2.24) is 4.98 Å². The van der Waals surface area contributed by atoms with Crippen molar-refractivity contribution < 1.29 is 4.79 Å². The summed E-state index contributed by atoms with van der Waals surface area (Å²) in [6.07, 6.45) is 3.78. The molecular formula is C16H19N3O. The lowest BCUT2D eigenvalue weighted by molar-refractivity contribution is -0.116. The molecule has 0 atom stereocenters. The topological polar surface area (TPSA) is 68.0 Å². The minimum absolute atomic E-state index is 0.0161. The molecule has 1 heterocycles. The van der Waals surface area contributed by atoms with Gasteiger partial charge in [0.15, 0.2) is 0 Å². The molecule has 0 fully saturated rings. The van der Waals surface area contributed by atoms with E-state index in [4.69, 9.17) is 5.73 Å². The number of pyridine rings is 1. The SMILES string of the molecule is Cc1cc(NC(=O)CCCc2ccccc2)ncc1N. The van der Waals surface area contributed by atoms with Gasteiger partial charge in [0.05, 0.1) is 11.9 Å². The number of hydrogen-bond acceptors (Lipinski definition) is 3. The lowest BCUT2D eigenvalue weighted by Crippen LogP contribution is -2.13. The lowest BCUT2D eigenvalue weighted by atomic mass is 10.1. The maximum absolute atomic E-state index is 11.8. The highest BCUT2D eigenvalue weighted by atomic mass is 16.1. The van der Waals surface area contributed by atoms with E-state index < -0.39 is 0 Å². The number of anilines is 2. The van der Waals surface area contributed by atoms with Gasteiger partial charge in [0.25, 0.3) is 0 Å². The first-order valence-electron chi connectivity index (χ1n) is 6.71. The number of aromatic nitrogens is 1. The summed E-state index contributed by atoms with van der Waals surface area (Å²) < 4.78 is 0. The predicted octanol–water partition coefficient (Wildman–Crippen LogP) is 2.93. The van der Waals surface area contributed by atoms with E-state index in [1.807, 2.05) is 25.1 Å². The minimum Gasteiger partial charge on any atom is -0.397 e. The number of carbonyl (C=O) groups excluding carboxylic acids is 1. The summed E-state index contributed by atoms with van der Waals surface area (Å²) >= 11 is 0. The van der Waals surface area contributed by atoms with Crippen LogP contribution in [0.1, 0.15) is 24.0 Å². The largest absolute Gasteiger partial charge is 0.397 e. The van der Waals surface area contributed by atoms with Gasteiger partial charge in [-0.1, -0.05) is 30.3 Å². The average Bonchev–Trinajstić information content (AvgIpc) is 2.44. The summed E-state index contributed by atoms with van der Waals surface area (Å²) in [7, 11) is 0. The van der Waals surface area contributed by atoms with Crippen LogP contribution in [-0.4, -0.2) is 10.9 Å². The molecule has 0 aliphatic heterocycles. The maximum atomic E-state index is 11.8. The van der Waals surface area contributed by atoms with Gasteiger partial charge in [-0.15, -0.1) is 0 Å². The molecule has 3 N–H and O–H groups in total. The Morgan fingerprint density at radius 1 is 1.30 bits per heavy atom. The molecule has 1 aromatic heterocycles. The smallest absolute Gasteiger partial charge is 0.225 e. The Bertz CT molecular complexity index is 582. The van der Waals surface area contributed by atoms with Gasteiger partial charge in [-0.3, -0.25) is 4.79 Å². The maximum Gasteiger partial charge on any atom is 0.225 e. The third-order valence-corrected chi connectivity index (χ3v) is 3.13. The van der Waals surface area contributed by atoms with E-state index in [-0.39, 0.29) is 5.91 Å². The zero-order valence-corrected chi connectivity index (χ0v) is 11.6. The van der Waals surface area contributed by atoms with E-state index >= 15 is 0 Å². The Labute approximate surface area is 119 Å². The molecule has 1 aromatic carbocycles. The number of nitrogen functional groups attached to an aromatic ring is 1. The van der Waals surface area contributed by atoms with Crippen LogP contribution in [0.4, 0.5) is 11.5 Å². The summed E-state index contributed by atoms with van der Waals surface area (Å²) in [5.74, 6) is 0.541. The minimum atomic E-state index is -0.0161. The summed E-state index contributed by atoms with van der Waals surface area (Å²) in [6.45, 7) is 1.89. The van der Waals surface area contributed by atoms with Gasteiger partial charge >= 0.3 is 0 Å². The van der Waals surface area contributed by atoms with Crippen LogP contribution in [0.3, 0.4) is 0 Å². The molecule has 0 radical (unpaired) electrons. The molecule has 1 amide bonds. The van der Waals surface area contributed by atoms with Gasteiger partial charge in [0.1, 0.15) is 5.82 Å². The van der Waals surface area contributed by atoms with Crippen molar-refractivity contribution in [2.75, 3.05) is 11.1 Å². The van der Waals surface area contributed by atoms with E-state index in [2.05, 4.69) is 22.4 Å². The van der Waals surface area contributed by atoms with Gasteiger partial charge in [-0.25, -0.2) is 4.98 Å². The van der Waals surface area contributed by atoms with Crippen LogP contribution in [0.2, 0.25) is 0 Å². The van der Waals surface area contributed by atoms with E-state index in [0.717, 1.165) is 18.4 Å². The molecule has 20 heavy (non-hydrogen) atoms. The van der Waals surface area contributed by atoms with E-state index in [1.54, 1.807) is 12.3 Å². The molecule has 0 aliphatic rings. The summed E-state index contributed by atoms with van der Waals surface area (Å²) in [6, 6.07) is 11.9. The van der Waals surface area contributed by atoms with Gasteiger partial charge in [-0.05, 0) is 37.0 Å². The third-order valence-electron chi connectivity index (χ3n) is 3.13. The average molecular weight is 269 g/mol. The highest BCUT2D eigenvalue weighted by Crippen LogP contribution is 2.13. The molecular weight excluding hydrogens is 250 g/mol. The van der Waals surface area contributed by atoms with Gasteiger partial charge in [0.2, 0.25) is 5.91 Å². The Morgan fingerprint density at radius 3 is 2.75 bits per heavy atom. The molecule has 0 saturated carbocycles. The highest BCUT2D eigenvalue weighted by molar-refractivity contribution is 5.89. The normalized spacial score (nSPS) is 10.2. The number of nitrogens with zero attached hydrogens (tertiary/aromatic N) is 1. The number of nitrogens with one attached hydrogen (secondary N) is 1. The van der Waals surface area contributed by atoms with Crippen LogP contribution >= 0.6 is 0 Å². The molecule has 4 nitrogen and oxygen atoms in total. The van der Waals surface area contributed by atoms with Crippen LogP contribution in [0, 0.1) is 6.92 Å². The van der Waals surface area contributed by atoms with E-state index in [1.165, 1.54) is 5.56 Å². The highest BCUT2D eigenvalue weighted by Gasteiger charge is 2.04. The molecule has 0 unspecified atom stereocenters. The molecule has 104 valence electrons. The molecule has 2 aromatic rings. The first kappa shape index (κ1) is 14.1. The standard InChI is InChI=1S/C16H19N3O/c1-12-10-15(18-11-14(12)17)19-16(20)9-5-8-13-6-3-2-4-7-13/h2-4,6-7,10-11H,5,8-9,17H2,1H3,(H,18,19,20). The molecule has 4 heteroatoms. The van der Waals surface area contributed by atoms with Crippen molar-refractivity contribution >= 4 is 17.4 Å². The molecule has 0 bridgehead atoms. The first-order valence-corrected chi connectivity index (χ1v) is 6.71. The van der Waals surface area contributed by atoms with Gasteiger partial charge in [-0.2, -0.15) is 0 Å². The predicted molar refractivity (Wildman–Crippen MR) is 81.4 cm³/mol. The fourth-order valence-electron chi connectivity index (χ4n) is 1.94. The Balaban J connectivity index is 1.79. The number of aryl methyl sites for hydroxylation is 2. The molecule has 0 aliphatic carbocycles. The third kappa shape index (κ3) is 4.09. The fourth-order valence-corrected chi connectivity index (χ4v) is 1.94. The number of rotatable bonds is 5. The van der Waals surface area contributed by atoms with Crippen molar-refractivity contribution in [2.45, 2.75) is 26.2 Å². The van der Waals surface area contributed by atoms with Crippen molar-refractivity contribution in [2.24, 2.45) is 0 Å². The lowest BCUT2D eigenvalue weighted by Gasteiger charge is -2.06. The number of amides is 1. The number of benzene rings is 1. The zero-order chi connectivity index (χ0) is 14.4. The number of hydrogen-bond donors (Lipinski definition) is 2. The van der Waals surface area contributed by atoms with E-state index in [0.29, 0.717) is 17.9 Å². The number of carbonyl (C=O) groups is 1. The fraction of sp³-hybridized carbons (Fsp3) is 0.250. The molecule has 0 spiro atoms. The Kier molecular flexibility index (Phi) is 4.71. The Morgan fingerprint density at radius 2 is 2.05 bits per heavy atom. The summed E-state index contributed by atoms with van der Waals surface area (Å²) in [4.78, 5) is 15.9. The van der Waals surface area contributed by atoms with Crippen LogP contribution < -0.4 is 11.1 Å². The van der Waals surface area contributed by atoms with Crippen LogP contribution in [0.5, 0.6) is 0 Å². The van der Waals surface area contributed by atoms with Crippen molar-refractivity contribution in [3.63, 3.8) is 0 Å². The van der Waals surface area contributed by atoms with Gasteiger partial charge in [0, 0.05) is 6.42 Å². The second kappa shape index (κ2) is 6.70. The van der Waals surface area contributed by atoms with Crippen LogP contribution in [-0.2, 0) is 11.2 Å². The van der Waals surface area contributed by atoms with Crippen molar-refractivity contribution in [3.05, 3.63) is 53.7 Å². The monoisotopic (exact) mass is 269 g/mol. The number of nitrogens with two attached hydrogens (primary N) is 1. The second-order valence-corrected chi connectivity index (χ2v) is 4.81. The van der Waals surface area contributed by atoms with Crippen molar-refractivity contribution in [1.29, 1.82) is 0 Å². The Hall–Kier alpha value is -2.36. The van der Waals surface area contributed by atoms with Gasteiger partial charge < -0.3 is 11.1 Å². The summed E-state index contributed by atoms with van der Waals surface area (Å²) in [5, 5.41) is 2.79. The van der Waals surface area contributed by atoms with Crippen LogP contribution in [0.25, 0.3) is 0 Å². The van der Waals surface area contributed by atoms with Crippen molar-refractivity contribution in [3.8, 4) is 0 Å². The summed E-state index contributed by atoms with van der Waals surface area (Å²) in [5.41, 5.74) is 8.49. The zero-order valence-electron chi connectivity index (χ0n) is 11.6. The quantitative estimate of drug-likeness (QED) is 0.877. The second-order valence-electron chi connectivity index (χ2n) is 4.81. The first-order chi connectivity index (χ1) is 9.65.